The summed E-state index contributed by atoms with van der Waals surface area (Å²) in [5, 5.41) is 4.39. The predicted octanol–water partition coefficient (Wildman–Crippen LogP) is 4.90. The van der Waals surface area contributed by atoms with E-state index in [0.29, 0.717) is 0 Å². The number of nitrogens with one attached hydrogen (secondary N) is 2. The lowest BCUT2D eigenvalue weighted by atomic mass is 10.1. The molecule has 2 N–H and O–H groups in total. The molecule has 0 fully saturated rings. The van der Waals surface area contributed by atoms with Gasteiger partial charge in [0.2, 0.25) is 0 Å². The van der Waals surface area contributed by atoms with E-state index in [1.165, 1.54) is 36.4 Å². The number of rotatable bonds is 5. The number of carbonyl (C=O) groups is 2. The highest BCUT2D eigenvalue weighted by molar-refractivity contribution is 6.28. The van der Waals surface area contributed by atoms with Gasteiger partial charge in [-0.15, -0.1) is 0 Å². The van der Waals surface area contributed by atoms with E-state index in [4.69, 9.17) is 0 Å². The third-order valence-corrected chi connectivity index (χ3v) is 3.99. The van der Waals surface area contributed by atoms with Crippen molar-refractivity contribution in [1.29, 1.82) is 0 Å². The third-order valence-electron chi connectivity index (χ3n) is 3.99. The number of carbonyl (C=O) groups excluding carboxylic acids is 2. The van der Waals surface area contributed by atoms with Gasteiger partial charge in [0.05, 0.1) is 11.4 Å². The Hall–Kier alpha value is -3.94. The lowest BCUT2D eigenvalue weighted by Gasteiger charge is -2.11. The normalized spacial score (nSPS) is 10.3. The zero-order valence-electron chi connectivity index (χ0n) is 15.3. The Balaban J connectivity index is 1.99. The molecule has 0 saturated heterocycles. The van der Waals surface area contributed by atoms with Crippen LogP contribution in [0.4, 0.5) is 28.9 Å². The standard InChI is InChI=1S/C22H14F4N2O2/c23-14-9-10-16(24)13(11-14)12-15(21(29)27-19-7-3-1-5-17(19)25)22(30)28-20-8-4-2-6-18(20)26/h1-12H,(H,27,29)(H,28,30). The molecule has 0 atom stereocenters. The van der Waals surface area contributed by atoms with E-state index < -0.39 is 46.2 Å². The largest absolute Gasteiger partial charge is 0.319 e. The minimum Gasteiger partial charge on any atom is -0.319 e. The highest BCUT2D eigenvalue weighted by Gasteiger charge is 2.21. The van der Waals surface area contributed by atoms with E-state index in [2.05, 4.69) is 10.6 Å². The molecular formula is C22H14F4N2O2. The summed E-state index contributed by atoms with van der Waals surface area (Å²) < 4.78 is 55.3. The summed E-state index contributed by atoms with van der Waals surface area (Å²) >= 11 is 0. The molecule has 0 unspecified atom stereocenters. The van der Waals surface area contributed by atoms with Gasteiger partial charge in [-0.25, -0.2) is 17.6 Å². The average molecular weight is 414 g/mol. The van der Waals surface area contributed by atoms with Crippen LogP contribution in [0.1, 0.15) is 5.56 Å². The van der Waals surface area contributed by atoms with Crippen LogP contribution in [0.5, 0.6) is 0 Å². The second-order valence-corrected chi connectivity index (χ2v) is 6.09. The quantitative estimate of drug-likeness (QED) is 0.270. The van der Waals surface area contributed by atoms with Crippen LogP contribution < -0.4 is 10.6 Å². The maximum atomic E-state index is 14.0. The average Bonchev–Trinajstić information content (AvgIpc) is 2.71. The summed E-state index contributed by atoms with van der Waals surface area (Å²) in [5.41, 5.74) is -1.54. The van der Waals surface area contributed by atoms with Crippen molar-refractivity contribution in [3.8, 4) is 0 Å². The van der Waals surface area contributed by atoms with Crippen LogP contribution in [0.2, 0.25) is 0 Å². The smallest absolute Gasteiger partial charge is 0.261 e. The number of hydrogen-bond donors (Lipinski definition) is 2. The van der Waals surface area contributed by atoms with Crippen molar-refractivity contribution >= 4 is 29.3 Å². The zero-order chi connectivity index (χ0) is 21.7. The molecule has 3 aromatic rings. The second-order valence-electron chi connectivity index (χ2n) is 6.09. The van der Waals surface area contributed by atoms with Gasteiger partial charge in [0.15, 0.2) is 0 Å². The molecule has 0 aromatic heterocycles. The van der Waals surface area contributed by atoms with Gasteiger partial charge in [-0.05, 0) is 48.5 Å². The number of amides is 2. The number of anilines is 2. The number of benzene rings is 3. The minimum absolute atomic E-state index is 0.230. The van der Waals surface area contributed by atoms with Gasteiger partial charge in [0, 0.05) is 5.56 Å². The molecule has 0 aliphatic heterocycles. The van der Waals surface area contributed by atoms with Crippen molar-refractivity contribution in [3.63, 3.8) is 0 Å². The molecule has 0 spiro atoms. The van der Waals surface area contributed by atoms with Crippen molar-refractivity contribution in [2.24, 2.45) is 0 Å². The Labute approximate surface area is 168 Å². The number of halogens is 4. The molecule has 0 aliphatic carbocycles. The highest BCUT2D eigenvalue weighted by atomic mass is 19.1. The van der Waals surface area contributed by atoms with E-state index in [0.717, 1.165) is 36.4 Å². The molecule has 3 rings (SSSR count). The van der Waals surface area contributed by atoms with Crippen LogP contribution in [0, 0.1) is 23.3 Å². The minimum atomic E-state index is -1.10. The first-order valence-electron chi connectivity index (χ1n) is 8.63. The Morgan fingerprint density at radius 3 is 1.67 bits per heavy atom. The van der Waals surface area contributed by atoms with Gasteiger partial charge in [0.25, 0.3) is 11.8 Å². The molecule has 4 nitrogen and oxygen atoms in total. The van der Waals surface area contributed by atoms with E-state index in [-0.39, 0.29) is 11.4 Å². The molecule has 0 radical (unpaired) electrons. The molecular weight excluding hydrogens is 400 g/mol. The molecule has 0 saturated carbocycles. The fourth-order valence-electron chi connectivity index (χ4n) is 2.52. The first kappa shape index (κ1) is 20.8. The summed E-state index contributed by atoms with van der Waals surface area (Å²) in [7, 11) is 0. The molecule has 152 valence electrons. The van der Waals surface area contributed by atoms with Gasteiger partial charge in [-0.3, -0.25) is 9.59 Å². The van der Waals surface area contributed by atoms with Crippen LogP contribution in [0.25, 0.3) is 6.08 Å². The number of para-hydroxylation sites is 2. The van der Waals surface area contributed by atoms with Crippen molar-refractivity contribution in [2.45, 2.75) is 0 Å². The van der Waals surface area contributed by atoms with E-state index in [1.807, 2.05) is 0 Å². The SMILES string of the molecule is O=C(Nc1ccccc1F)C(=Cc1cc(F)ccc1F)C(=O)Nc1ccccc1F. The van der Waals surface area contributed by atoms with E-state index >= 15 is 0 Å². The Morgan fingerprint density at radius 1 is 0.667 bits per heavy atom. The second kappa shape index (κ2) is 9.04. The highest BCUT2D eigenvalue weighted by Crippen LogP contribution is 2.20. The summed E-state index contributed by atoms with van der Waals surface area (Å²) in [6.45, 7) is 0. The van der Waals surface area contributed by atoms with Gasteiger partial charge < -0.3 is 10.6 Å². The molecule has 30 heavy (non-hydrogen) atoms. The van der Waals surface area contributed by atoms with E-state index in [9.17, 15) is 27.2 Å². The monoisotopic (exact) mass is 414 g/mol. The van der Waals surface area contributed by atoms with Gasteiger partial charge in [-0.1, -0.05) is 24.3 Å². The van der Waals surface area contributed by atoms with Gasteiger partial charge >= 0.3 is 0 Å². The van der Waals surface area contributed by atoms with Crippen molar-refractivity contribution in [3.05, 3.63) is 101 Å². The van der Waals surface area contributed by atoms with Crippen LogP contribution in [-0.4, -0.2) is 11.8 Å². The molecule has 0 aliphatic rings. The maximum absolute atomic E-state index is 14.0. The van der Waals surface area contributed by atoms with Crippen molar-refractivity contribution in [2.75, 3.05) is 10.6 Å². The Kier molecular flexibility index (Phi) is 6.26. The fraction of sp³-hybridized carbons (Fsp3) is 0. The van der Waals surface area contributed by atoms with Crippen LogP contribution >= 0.6 is 0 Å². The number of hydrogen-bond acceptors (Lipinski definition) is 2. The maximum Gasteiger partial charge on any atom is 0.261 e. The van der Waals surface area contributed by atoms with E-state index in [1.54, 1.807) is 0 Å². The molecule has 3 aromatic carbocycles. The zero-order valence-corrected chi connectivity index (χ0v) is 15.3. The summed E-state index contributed by atoms with van der Waals surface area (Å²) in [5.74, 6) is -5.43. The first-order chi connectivity index (χ1) is 14.3. The van der Waals surface area contributed by atoms with Crippen molar-refractivity contribution < 1.29 is 27.2 Å². The summed E-state index contributed by atoms with van der Waals surface area (Å²) in [4.78, 5) is 25.3. The topological polar surface area (TPSA) is 58.2 Å². The van der Waals surface area contributed by atoms with Crippen LogP contribution in [0.15, 0.2) is 72.3 Å². The van der Waals surface area contributed by atoms with Crippen LogP contribution in [0.3, 0.4) is 0 Å². The molecule has 0 heterocycles. The fourth-order valence-corrected chi connectivity index (χ4v) is 2.52. The van der Waals surface area contributed by atoms with Crippen molar-refractivity contribution in [1.82, 2.24) is 0 Å². The van der Waals surface area contributed by atoms with Gasteiger partial charge in [0.1, 0.15) is 28.8 Å². The lowest BCUT2D eigenvalue weighted by Crippen LogP contribution is -2.26. The molecule has 8 heteroatoms. The molecule has 0 bridgehead atoms. The van der Waals surface area contributed by atoms with Gasteiger partial charge in [-0.2, -0.15) is 0 Å². The predicted molar refractivity (Wildman–Crippen MR) is 104 cm³/mol. The Bertz CT molecular complexity index is 1080. The Morgan fingerprint density at radius 2 is 1.17 bits per heavy atom. The first-order valence-corrected chi connectivity index (χ1v) is 8.63. The summed E-state index contributed by atoms with van der Waals surface area (Å²) in [6, 6.07) is 12.8. The molecule has 2 amide bonds. The summed E-state index contributed by atoms with van der Waals surface area (Å²) in [6.07, 6.45) is 0.796. The lowest BCUT2D eigenvalue weighted by molar-refractivity contribution is -0.118. The van der Waals surface area contributed by atoms with Crippen LogP contribution in [-0.2, 0) is 9.59 Å². The third kappa shape index (κ3) is 4.91.